The van der Waals surface area contributed by atoms with Crippen molar-refractivity contribution in [3.63, 3.8) is 0 Å². The van der Waals surface area contributed by atoms with Crippen LogP contribution in [-0.2, 0) is 4.79 Å². The molecular formula is C17H21N3OS. The highest BCUT2D eigenvalue weighted by Gasteiger charge is 2.49. The van der Waals surface area contributed by atoms with Gasteiger partial charge in [-0.05, 0) is 50.4 Å². The van der Waals surface area contributed by atoms with Crippen LogP contribution in [0.5, 0.6) is 0 Å². The van der Waals surface area contributed by atoms with E-state index < -0.39 is 0 Å². The summed E-state index contributed by atoms with van der Waals surface area (Å²) < 4.78 is 1.14. The van der Waals surface area contributed by atoms with E-state index in [4.69, 9.17) is 0 Å². The van der Waals surface area contributed by atoms with Gasteiger partial charge in [0.2, 0.25) is 5.91 Å². The lowest BCUT2D eigenvalue weighted by Crippen LogP contribution is -2.44. The molecule has 2 fully saturated rings. The molecule has 0 unspecified atom stereocenters. The summed E-state index contributed by atoms with van der Waals surface area (Å²) in [5.74, 6) is 0.693. The van der Waals surface area contributed by atoms with Crippen LogP contribution in [0.2, 0.25) is 0 Å². The van der Waals surface area contributed by atoms with Gasteiger partial charge in [-0.1, -0.05) is 12.8 Å². The average Bonchev–Trinajstić information content (AvgIpc) is 3.09. The highest BCUT2D eigenvalue weighted by molar-refractivity contribution is 7.18. The Morgan fingerprint density at radius 2 is 2.36 bits per heavy atom. The van der Waals surface area contributed by atoms with Gasteiger partial charge in [0.25, 0.3) is 0 Å². The number of aromatic nitrogens is 1. The largest absolute Gasteiger partial charge is 0.326 e. The number of rotatable bonds is 2. The van der Waals surface area contributed by atoms with E-state index in [2.05, 4.69) is 21.7 Å². The van der Waals surface area contributed by atoms with Gasteiger partial charge in [-0.25, -0.2) is 4.98 Å². The van der Waals surface area contributed by atoms with Gasteiger partial charge >= 0.3 is 0 Å². The summed E-state index contributed by atoms with van der Waals surface area (Å²) in [6.45, 7) is 3.82. The first-order valence-corrected chi connectivity index (χ1v) is 8.88. The third-order valence-electron chi connectivity index (χ3n) is 5.24. The molecule has 2 atom stereocenters. The van der Waals surface area contributed by atoms with E-state index in [1.165, 1.54) is 19.3 Å². The number of fused-ring (bicyclic) bond motifs is 2. The molecule has 2 N–H and O–H groups in total. The highest BCUT2D eigenvalue weighted by atomic mass is 32.1. The summed E-state index contributed by atoms with van der Waals surface area (Å²) in [7, 11) is 0. The topological polar surface area (TPSA) is 54.0 Å². The summed E-state index contributed by atoms with van der Waals surface area (Å²) in [5.41, 5.74) is 1.71. The number of carbonyl (C=O) groups is 1. The average molecular weight is 315 g/mol. The van der Waals surface area contributed by atoms with Crippen molar-refractivity contribution in [1.29, 1.82) is 0 Å². The molecule has 1 saturated heterocycles. The van der Waals surface area contributed by atoms with E-state index in [0.29, 0.717) is 5.92 Å². The SMILES string of the molecule is Cc1nc2ccc(NC(=O)[C@@]34CCCC[C@H]3CNC4)cc2s1. The van der Waals surface area contributed by atoms with Crippen molar-refractivity contribution in [2.45, 2.75) is 32.6 Å². The number of amides is 1. The highest BCUT2D eigenvalue weighted by Crippen LogP contribution is 2.44. The molecule has 1 aliphatic carbocycles. The molecule has 1 aliphatic heterocycles. The summed E-state index contributed by atoms with van der Waals surface area (Å²) in [5, 5.41) is 7.67. The number of anilines is 1. The molecule has 0 spiro atoms. The van der Waals surface area contributed by atoms with Crippen LogP contribution in [-0.4, -0.2) is 24.0 Å². The van der Waals surface area contributed by atoms with Gasteiger partial charge in [-0.3, -0.25) is 4.79 Å². The number of carbonyl (C=O) groups excluding carboxylic acids is 1. The van der Waals surface area contributed by atoms with Crippen molar-refractivity contribution >= 4 is 33.1 Å². The van der Waals surface area contributed by atoms with E-state index >= 15 is 0 Å². The van der Waals surface area contributed by atoms with Crippen LogP contribution in [0, 0.1) is 18.3 Å². The van der Waals surface area contributed by atoms with Crippen LogP contribution >= 0.6 is 11.3 Å². The van der Waals surface area contributed by atoms with E-state index in [0.717, 1.165) is 40.4 Å². The number of hydrogen-bond acceptors (Lipinski definition) is 4. The lowest BCUT2D eigenvalue weighted by Gasteiger charge is -2.37. The zero-order chi connectivity index (χ0) is 15.2. The maximum Gasteiger partial charge on any atom is 0.232 e. The molecule has 4 rings (SSSR count). The molecule has 1 amide bonds. The van der Waals surface area contributed by atoms with Crippen LogP contribution in [0.1, 0.15) is 30.7 Å². The Hall–Kier alpha value is -1.46. The minimum absolute atomic E-state index is 0.197. The molecule has 1 saturated carbocycles. The maximum absolute atomic E-state index is 12.9. The minimum Gasteiger partial charge on any atom is -0.326 e. The van der Waals surface area contributed by atoms with E-state index in [1.807, 2.05) is 19.1 Å². The van der Waals surface area contributed by atoms with Crippen molar-refractivity contribution < 1.29 is 4.79 Å². The van der Waals surface area contributed by atoms with Gasteiger partial charge in [-0.2, -0.15) is 0 Å². The van der Waals surface area contributed by atoms with Crippen LogP contribution in [0.25, 0.3) is 10.2 Å². The number of nitrogens with one attached hydrogen (secondary N) is 2. The normalized spacial score (nSPS) is 27.8. The summed E-state index contributed by atoms with van der Waals surface area (Å²) in [4.78, 5) is 17.4. The van der Waals surface area contributed by atoms with E-state index in [9.17, 15) is 4.79 Å². The van der Waals surface area contributed by atoms with Crippen molar-refractivity contribution in [2.75, 3.05) is 18.4 Å². The molecule has 5 heteroatoms. The van der Waals surface area contributed by atoms with Crippen LogP contribution in [0.3, 0.4) is 0 Å². The first-order chi connectivity index (χ1) is 10.7. The molecule has 116 valence electrons. The third-order valence-corrected chi connectivity index (χ3v) is 6.18. The van der Waals surface area contributed by atoms with E-state index in [-0.39, 0.29) is 11.3 Å². The Morgan fingerprint density at radius 1 is 1.45 bits per heavy atom. The molecule has 2 heterocycles. The predicted molar refractivity (Wildman–Crippen MR) is 90.2 cm³/mol. The monoisotopic (exact) mass is 315 g/mol. The quantitative estimate of drug-likeness (QED) is 0.894. The summed E-state index contributed by atoms with van der Waals surface area (Å²) in [6.07, 6.45) is 4.61. The van der Waals surface area contributed by atoms with Gasteiger partial charge in [0.05, 0.1) is 20.6 Å². The Morgan fingerprint density at radius 3 is 3.27 bits per heavy atom. The van der Waals surface area contributed by atoms with Gasteiger partial charge in [0.1, 0.15) is 0 Å². The first kappa shape index (κ1) is 14.2. The van der Waals surface area contributed by atoms with Gasteiger partial charge in [0.15, 0.2) is 0 Å². The molecule has 2 aliphatic rings. The number of thiazole rings is 1. The minimum atomic E-state index is -0.198. The zero-order valence-corrected chi connectivity index (χ0v) is 13.6. The van der Waals surface area contributed by atoms with Crippen molar-refractivity contribution in [3.05, 3.63) is 23.2 Å². The zero-order valence-electron chi connectivity index (χ0n) is 12.8. The third kappa shape index (κ3) is 2.23. The van der Waals surface area contributed by atoms with Crippen molar-refractivity contribution in [3.8, 4) is 0 Å². The van der Waals surface area contributed by atoms with Gasteiger partial charge < -0.3 is 10.6 Å². The second-order valence-corrected chi connectivity index (χ2v) is 7.83. The van der Waals surface area contributed by atoms with Crippen molar-refractivity contribution in [2.24, 2.45) is 11.3 Å². The molecular weight excluding hydrogens is 294 g/mol. The number of hydrogen-bond donors (Lipinski definition) is 2. The Balaban J connectivity index is 1.59. The van der Waals surface area contributed by atoms with Crippen LogP contribution < -0.4 is 10.6 Å². The molecule has 1 aromatic heterocycles. The molecule has 0 bridgehead atoms. The fraction of sp³-hybridized carbons (Fsp3) is 0.529. The van der Waals surface area contributed by atoms with Gasteiger partial charge in [0, 0.05) is 12.2 Å². The van der Waals surface area contributed by atoms with Crippen LogP contribution in [0.15, 0.2) is 18.2 Å². The molecule has 0 radical (unpaired) electrons. The number of benzene rings is 1. The molecule has 2 aromatic rings. The Bertz CT molecular complexity index is 726. The fourth-order valence-electron chi connectivity index (χ4n) is 4.06. The van der Waals surface area contributed by atoms with E-state index in [1.54, 1.807) is 11.3 Å². The second kappa shape index (κ2) is 5.32. The number of nitrogens with zero attached hydrogens (tertiary/aromatic N) is 1. The Kier molecular flexibility index (Phi) is 3.42. The fourth-order valence-corrected chi connectivity index (χ4v) is 4.93. The molecule has 1 aromatic carbocycles. The first-order valence-electron chi connectivity index (χ1n) is 8.07. The summed E-state index contributed by atoms with van der Waals surface area (Å²) in [6, 6.07) is 6.02. The Labute approximate surface area is 134 Å². The maximum atomic E-state index is 12.9. The van der Waals surface area contributed by atoms with Crippen molar-refractivity contribution in [1.82, 2.24) is 10.3 Å². The lowest BCUT2D eigenvalue weighted by molar-refractivity contribution is -0.128. The number of aryl methyl sites for hydroxylation is 1. The molecule has 22 heavy (non-hydrogen) atoms. The molecule has 4 nitrogen and oxygen atoms in total. The standard InChI is InChI=1S/C17H21N3OS/c1-11-19-14-6-5-13(8-15(14)22-11)20-16(21)17-7-3-2-4-12(17)9-18-10-17/h5-6,8,12,18H,2-4,7,9-10H2,1H3,(H,20,21)/t12-,17+/m0/s1. The second-order valence-electron chi connectivity index (χ2n) is 6.60. The van der Waals surface area contributed by atoms with Gasteiger partial charge in [-0.15, -0.1) is 11.3 Å². The summed E-state index contributed by atoms with van der Waals surface area (Å²) >= 11 is 1.67. The predicted octanol–water partition coefficient (Wildman–Crippen LogP) is 3.32. The smallest absolute Gasteiger partial charge is 0.232 e. The van der Waals surface area contributed by atoms with Crippen LogP contribution in [0.4, 0.5) is 5.69 Å². The lowest BCUT2D eigenvalue weighted by atomic mass is 9.67.